The number of hydrogen-bond donors (Lipinski definition) is 1. The van der Waals surface area contributed by atoms with Crippen LogP contribution in [0.4, 0.5) is 5.69 Å². The van der Waals surface area contributed by atoms with Gasteiger partial charge in [0.1, 0.15) is 18.7 Å². The summed E-state index contributed by atoms with van der Waals surface area (Å²) in [6, 6.07) is 15.2. The standard InChI is InChI=1S/C18H16N6O/c1-13(23-12-19-11-21-23)18(25)22-15-6-8-16(9-7-15)24-17-5-3-2-4-14(17)10-20-24/h2-13H,1H3,(H,22,25)/t13-/m1/s1. The number of nitrogens with one attached hydrogen (secondary N) is 1. The fraction of sp³-hybridized carbons (Fsp3) is 0.111. The number of aromatic nitrogens is 5. The first-order valence-corrected chi connectivity index (χ1v) is 7.90. The highest BCUT2D eigenvalue weighted by Crippen LogP contribution is 2.20. The van der Waals surface area contributed by atoms with Crippen LogP contribution < -0.4 is 5.32 Å². The molecule has 2 heterocycles. The molecule has 4 rings (SSSR count). The van der Waals surface area contributed by atoms with E-state index < -0.39 is 6.04 Å². The van der Waals surface area contributed by atoms with E-state index in [4.69, 9.17) is 0 Å². The third kappa shape index (κ3) is 2.87. The summed E-state index contributed by atoms with van der Waals surface area (Å²) < 4.78 is 3.39. The first kappa shape index (κ1) is 15.1. The molecule has 0 aliphatic heterocycles. The van der Waals surface area contributed by atoms with Gasteiger partial charge in [-0.3, -0.25) is 4.79 Å². The average molecular weight is 332 g/mol. The summed E-state index contributed by atoms with van der Waals surface area (Å²) in [6.07, 6.45) is 4.77. The summed E-state index contributed by atoms with van der Waals surface area (Å²) in [4.78, 5) is 16.1. The second-order valence-electron chi connectivity index (χ2n) is 5.70. The Kier molecular flexibility index (Phi) is 3.74. The first-order chi connectivity index (χ1) is 12.2. The number of fused-ring (bicyclic) bond motifs is 1. The number of benzene rings is 2. The first-order valence-electron chi connectivity index (χ1n) is 7.90. The predicted octanol–water partition coefficient (Wildman–Crippen LogP) is 2.82. The fourth-order valence-electron chi connectivity index (χ4n) is 2.65. The zero-order valence-electron chi connectivity index (χ0n) is 13.6. The normalized spacial score (nSPS) is 12.2. The molecule has 124 valence electrons. The number of carbonyl (C=O) groups is 1. The van der Waals surface area contributed by atoms with Gasteiger partial charge < -0.3 is 5.32 Å². The molecule has 0 saturated carbocycles. The molecule has 1 amide bonds. The quantitative estimate of drug-likeness (QED) is 0.623. The smallest absolute Gasteiger partial charge is 0.249 e. The SMILES string of the molecule is C[C@H](C(=O)Nc1ccc(-n2ncc3ccccc32)cc1)n1cncn1. The van der Waals surface area contributed by atoms with Crippen molar-refractivity contribution >= 4 is 22.5 Å². The number of anilines is 1. The van der Waals surface area contributed by atoms with Gasteiger partial charge in [0.05, 0.1) is 17.4 Å². The molecular formula is C18H16N6O. The predicted molar refractivity (Wildman–Crippen MR) is 94.4 cm³/mol. The number of rotatable bonds is 4. The van der Waals surface area contributed by atoms with E-state index in [1.54, 1.807) is 6.92 Å². The van der Waals surface area contributed by atoms with E-state index >= 15 is 0 Å². The maximum atomic E-state index is 12.3. The number of amides is 1. The van der Waals surface area contributed by atoms with Gasteiger partial charge in [-0.2, -0.15) is 10.2 Å². The summed E-state index contributed by atoms with van der Waals surface area (Å²) in [5.74, 6) is -0.150. The summed E-state index contributed by atoms with van der Waals surface area (Å²) in [7, 11) is 0. The van der Waals surface area contributed by atoms with Crippen molar-refractivity contribution in [3.63, 3.8) is 0 Å². The summed E-state index contributed by atoms with van der Waals surface area (Å²) >= 11 is 0. The van der Waals surface area contributed by atoms with Gasteiger partial charge in [0.25, 0.3) is 0 Å². The minimum Gasteiger partial charge on any atom is -0.324 e. The van der Waals surface area contributed by atoms with E-state index in [2.05, 4.69) is 20.5 Å². The maximum absolute atomic E-state index is 12.3. The molecule has 2 aromatic heterocycles. The van der Waals surface area contributed by atoms with Crippen molar-refractivity contribution < 1.29 is 4.79 Å². The van der Waals surface area contributed by atoms with Crippen LogP contribution in [0, 0.1) is 0 Å². The molecule has 7 nitrogen and oxygen atoms in total. The van der Waals surface area contributed by atoms with E-state index in [1.165, 1.54) is 17.3 Å². The van der Waals surface area contributed by atoms with E-state index in [-0.39, 0.29) is 5.91 Å². The maximum Gasteiger partial charge on any atom is 0.249 e. The second-order valence-corrected chi connectivity index (χ2v) is 5.70. The van der Waals surface area contributed by atoms with E-state index in [0.29, 0.717) is 0 Å². The highest BCUT2D eigenvalue weighted by atomic mass is 16.2. The molecule has 0 fully saturated rings. The lowest BCUT2D eigenvalue weighted by Gasteiger charge is -2.12. The molecule has 25 heavy (non-hydrogen) atoms. The van der Waals surface area contributed by atoms with Crippen molar-refractivity contribution in [2.24, 2.45) is 0 Å². The van der Waals surface area contributed by atoms with E-state index in [9.17, 15) is 4.79 Å². The highest BCUT2D eigenvalue weighted by Gasteiger charge is 2.15. The monoisotopic (exact) mass is 332 g/mol. The van der Waals surface area contributed by atoms with E-state index in [1.807, 2.05) is 59.4 Å². The zero-order valence-corrected chi connectivity index (χ0v) is 13.6. The Bertz CT molecular complexity index is 1000. The average Bonchev–Trinajstić information content (AvgIpc) is 3.31. The van der Waals surface area contributed by atoms with Crippen molar-refractivity contribution in [3.8, 4) is 5.69 Å². The lowest BCUT2D eigenvalue weighted by Crippen LogP contribution is -2.24. The molecule has 2 aromatic carbocycles. The summed E-state index contributed by atoms with van der Waals surface area (Å²) in [5.41, 5.74) is 2.69. The Morgan fingerprint density at radius 2 is 1.88 bits per heavy atom. The van der Waals surface area contributed by atoms with Crippen molar-refractivity contribution in [3.05, 3.63) is 67.4 Å². The lowest BCUT2D eigenvalue weighted by atomic mass is 10.2. The van der Waals surface area contributed by atoms with Crippen molar-refractivity contribution in [1.82, 2.24) is 24.5 Å². The van der Waals surface area contributed by atoms with Crippen molar-refractivity contribution in [2.45, 2.75) is 13.0 Å². The van der Waals surface area contributed by atoms with Gasteiger partial charge in [0.2, 0.25) is 5.91 Å². The Balaban J connectivity index is 1.53. The molecule has 4 aromatic rings. The highest BCUT2D eigenvalue weighted by molar-refractivity contribution is 5.93. The molecule has 0 unspecified atom stereocenters. The summed E-state index contributed by atoms with van der Waals surface area (Å²) in [5, 5.41) is 12.4. The molecule has 0 radical (unpaired) electrons. The molecule has 0 saturated heterocycles. The van der Waals surface area contributed by atoms with Gasteiger partial charge in [0, 0.05) is 11.1 Å². The number of carbonyl (C=O) groups excluding carboxylic acids is 1. The third-order valence-electron chi connectivity index (χ3n) is 4.07. The van der Waals surface area contributed by atoms with Crippen LogP contribution >= 0.6 is 0 Å². The molecule has 0 aliphatic carbocycles. The van der Waals surface area contributed by atoms with Gasteiger partial charge in [-0.05, 0) is 37.3 Å². The minimum absolute atomic E-state index is 0.150. The van der Waals surface area contributed by atoms with Gasteiger partial charge in [-0.1, -0.05) is 18.2 Å². The van der Waals surface area contributed by atoms with Crippen LogP contribution in [0.2, 0.25) is 0 Å². The van der Waals surface area contributed by atoms with Gasteiger partial charge >= 0.3 is 0 Å². The topological polar surface area (TPSA) is 77.6 Å². The molecular weight excluding hydrogens is 316 g/mol. The fourth-order valence-corrected chi connectivity index (χ4v) is 2.65. The van der Waals surface area contributed by atoms with Crippen LogP contribution in [0.3, 0.4) is 0 Å². The van der Waals surface area contributed by atoms with Crippen LogP contribution in [-0.2, 0) is 4.79 Å². The Morgan fingerprint density at radius 1 is 1.08 bits per heavy atom. The largest absolute Gasteiger partial charge is 0.324 e. The van der Waals surface area contributed by atoms with Gasteiger partial charge in [-0.15, -0.1) is 0 Å². The number of para-hydroxylation sites is 1. The van der Waals surface area contributed by atoms with Gasteiger partial charge in [-0.25, -0.2) is 14.3 Å². The van der Waals surface area contributed by atoms with Crippen molar-refractivity contribution in [1.29, 1.82) is 0 Å². The lowest BCUT2D eigenvalue weighted by molar-refractivity contribution is -0.119. The molecule has 1 atom stereocenters. The third-order valence-corrected chi connectivity index (χ3v) is 4.07. The van der Waals surface area contributed by atoms with Crippen LogP contribution in [0.1, 0.15) is 13.0 Å². The Morgan fingerprint density at radius 3 is 2.64 bits per heavy atom. The van der Waals surface area contributed by atoms with Crippen LogP contribution in [0.5, 0.6) is 0 Å². The van der Waals surface area contributed by atoms with E-state index in [0.717, 1.165) is 22.3 Å². The molecule has 0 aliphatic rings. The molecule has 7 heteroatoms. The van der Waals surface area contributed by atoms with Crippen LogP contribution in [0.25, 0.3) is 16.6 Å². The Labute approximate surface area is 143 Å². The number of nitrogens with zero attached hydrogens (tertiary/aromatic N) is 5. The van der Waals surface area contributed by atoms with Gasteiger partial charge in [0.15, 0.2) is 0 Å². The molecule has 0 spiro atoms. The van der Waals surface area contributed by atoms with Crippen LogP contribution in [-0.4, -0.2) is 30.5 Å². The molecule has 0 bridgehead atoms. The zero-order chi connectivity index (χ0) is 17.2. The van der Waals surface area contributed by atoms with Crippen LogP contribution in [0.15, 0.2) is 67.4 Å². The second kappa shape index (κ2) is 6.20. The summed E-state index contributed by atoms with van der Waals surface area (Å²) in [6.45, 7) is 1.77. The molecule has 1 N–H and O–H groups in total. The minimum atomic E-state index is -0.433. The van der Waals surface area contributed by atoms with Crippen molar-refractivity contribution in [2.75, 3.05) is 5.32 Å². The Hall–Kier alpha value is -3.48. The number of hydrogen-bond acceptors (Lipinski definition) is 4.